The van der Waals surface area contributed by atoms with E-state index in [1.54, 1.807) is 18.5 Å². The van der Waals surface area contributed by atoms with E-state index in [2.05, 4.69) is 32.7 Å². The quantitative estimate of drug-likeness (QED) is 0.308. The van der Waals surface area contributed by atoms with Crippen molar-refractivity contribution in [3.8, 4) is 11.5 Å². The van der Waals surface area contributed by atoms with Crippen molar-refractivity contribution in [2.75, 3.05) is 20.2 Å². The molecule has 0 saturated heterocycles. The Balaban J connectivity index is 0.00000338. The third-order valence-electron chi connectivity index (χ3n) is 3.66. The van der Waals surface area contributed by atoms with Gasteiger partial charge >= 0.3 is 0 Å². The number of ether oxygens (including phenoxy) is 1. The summed E-state index contributed by atoms with van der Waals surface area (Å²) < 4.78 is 7.07. The van der Waals surface area contributed by atoms with Crippen molar-refractivity contribution in [1.29, 1.82) is 0 Å². The minimum atomic E-state index is 0. The molecule has 0 spiro atoms. The summed E-state index contributed by atoms with van der Waals surface area (Å²) >= 11 is 0. The summed E-state index contributed by atoms with van der Waals surface area (Å²) in [7, 11) is 1.53. The number of aliphatic imine (C=N–C) groups is 1. The van der Waals surface area contributed by atoms with E-state index >= 15 is 0 Å². The van der Waals surface area contributed by atoms with Gasteiger partial charge < -0.3 is 25.0 Å². The molecule has 0 aliphatic carbocycles. The van der Waals surface area contributed by atoms with Crippen molar-refractivity contribution in [3.63, 3.8) is 0 Å². The molecular weight excluding hydrogens is 447 g/mol. The highest BCUT2D eigenvalue weighted by atomic mass is 127. The summed E-state index contributed by atoms with van der Waals surface area (Å²) in [6, 6.07) is 5.28. The van der Waals surface area contributed by atoms with Gasteiger partial charge in [-0.15, -0.1) is 34.2 Å². The number of hydrogen-bond donors (Lipinski definition) is 3. The van der Waals surface area contributed by atoms with Crippen LogP contribution in [0.1, 0.15) is 25.2 Å². The van der Waals surface area contributed by atoms with Crippen LogP contribution in [0.4, 0.5) is 0 Å². The van der Waals surface area contributed by atoms with Crippen molar-refractivity contribution in [3.05, 3.63) is 35.9 Å². The molecule has 0 aliphatic rings. The summed E-state index contributed by atoms with van der Waals surface area (Å²) in [6.07, 6.45) is 2.60. The van der Waals surface area contributed by atoms with Crippen LogP contribution in [0.15, 0.2) is 29.5 Å². The van der Waals surface area contributed by atoms with Crippen LogP contribution in [0.25, 0.3) is 0 Å². The molecule has 26 heavy (non-hydrogen) atoms. The lowest BCUT2D eigenvalue weighted by atomic mass is 10.2. The van der Waals surface area contributed by atoms with Crippen LogP contribution in [0.2, 0.25) is 0 Å². The van der Waals surface area contributed by atoms with Crippen LogP contribution in [0.5, 0.6) is 11.5 Å². The van der Waals surface area contributed by atoms with Gasteiger partial charge in [0.2, 0.25) is 0 Å². The molecule has 9 heteroatoms. The van der Waals surface area contributed by atoms with Gasteiger partial charge in [0.05, 0.1) is 13.7 Å². The van der Waals surface area contributed by atoms with Crippen molar-refractivity contribution < 1.29 is 9.84 Å². The lowest BCUT2D eigenvalue weighted by molar-refractivity contribution is 0.373. The van der Waals surface area contributed by atoms with Gasteiger partial charge in [0.25, 0.3) is 0 Å². The first-order valence-corrected chi connectivity index (χ1v) is 8.42. The monoisotopic (exact) mass is 474 g/mol. The van der Waals surface area contributed by atoms with Gasteiger partial charge in [-0.3, -0.25) is 0 Å². The zero-order chi connectivity index (χ0) is 18.1. The molecule has 144 valence electrons. The molecule has 0 saturated carbocycles. The Morgan fingerprint density at radius 1 is 1.31 bits per heavy atom. The molecule has 0 radical (unpaired) electrons. The Labute approximate surface area is 171 Å². The first-order valence-electron chi connectivity index (χ1n) is 8.42. The number of nitrogens with one attached hydrogen (secondary N) is 2. The number of hydrogen-bond acceptors (Lipinski definition) is 5. The average Bonchev–Trinajstić information content (AvgIpc) is 3.07. The maximum atomic E-state index is 9.84. The van der Waals surface area contributed by atoms with Crippen molar-refractivity contribution >= 4 is 29.9 Å². The fourth-order valence-electron chi connectivity index (χ4n) is 2.38. The highest BCUT2D eigenvalue weighted by Crippen LogP contribution is 2.26. The number of phenols is 1. The van der Waals surface area contributed by atoms with Gasteiger partial charge in [0, 0.05) is 26.1 Å². The molecule has 0 bridgehead atoms. The number of methoxy groups -OCH3 is 1. The van der Waals surface area contributed by atoms with Gasteiger partial charge in [-0.2, -0.15) is 0 Å². The number of aromatic nitrogens is 3. The fraction of sp³-hybridized carbons (Fsp3) is 0.471. The van der Waals surface area contributed by atoms with E-state index in [-0.39, 0.29) is 29.7 Å². The van der Waals surface area contributed by atoms with Crippen LogP contribution in [0.3, 0.4) is 0 Å². The molecular formula is C17H27IN6O2. The highest BCUT2D eigenvalue weighted by molar-refractivity contribution is 14.0. The summed E-state index contributed by atoms with van der Waals surface area (Å²) in [4.78, 5) is 4.54. The molecule has 1 aromatic carbocycles. The average molecular weight is 474 g/mol. The molecule has 1 aromatic heterocycles. The molecule has 0 fully saturated rings. The third kappa shape index (κ3) is 6.36. The standard InChI is InChI=1S/C17H26N6O2.HI/c1-4-16-22-21-12-23(16)9-8-19-17(18-5-2)20-11-13-6-7-15(25-3)14(24)10-13;/h6-7,10,12,24H,4-5,8-9,11H2,1-3H3,(H2,18,19,20);1H. The molecule has 1 heterocycles. The third-order valence-corrected chi connectivity index (χ3v) is 3.66. The number of benzene rings is 1. The molecule has 8 nitrogen and oxygen atoms in total. The summed E-state index contributed by atoms with van der Waals surface area (Å²) in [5.41, 5.74) is 0.905. The molecule has 2 aromatic rings. The normalized spacial score (nSPS) is 11.0. The number of aryl methyl sites for hydroxylation is 1. The number of nitrogens with zero attached hydrogens (tertiary/aromatic N) is 4. The van der Waals surface area contributed by atoms with Gasteiger partial charge in [-0.25, -0.2) is 4.99 Å². The second-order valence-corrected chi connectivity index (χ2v) is 5.42. The second kappa shape index (κ2) is 11.6. The molecule has 0 aliphatic heterocycles. The van der Waals surface area contributed by atoms with Crippen molar-refractivity contribution in [1.82, 2.24) is 25.4 Å². The minimum absolute atomic E-state index is 0. The van der Waals surface area contributed by atoms with Crippen LogP contribution < -0.4 is 15.4 Å². The van der Waals surface area contributed by atoms with E-state index in [0.717, 1.165) is 36.9 Å². The van der Waals surface area contributed by atoms with E-state index in [9.17, 15) is 5.11 Å². The second-order valence-electron chi connectivity index (χ2n) is 5.42. The Morgan fingerprint density at radius 2 is 2.12 bits per heavy atom. The van der Waals surface area contributed by atoms with E-state index in [1.807, 2.05) is 17.6 Å². The lowest BCUT2D eigenvalue weighted by Crippen LogP contribution is -2.38. The molecule has 0 amide bonds. The molecule has 0 unspecified atom stereocenters. The Hall–Kier alpha value is -2.04. The van der Waals surface area contributed by atoms with Gasteiger partial charge in [-0.1, -0.05) is 13.0 Å². The van der Waals surface area contributed by atoms with E-state index < -0.39 is 0 Å². The largest absolute Gasteiger partial charge is 0.504 e. The SMILES string of the molecule is CCNC(=NCc1ccc(OC)c(O)c1)NCCn1cnnc1CC.I. The smallest absolute Gasteiger partial charge is 0.191 e. The maximum absolute atomic E-state index is 9.84. The van der Waals surface area contributed by atoms with Crippen LogP contribution in [-0.2, 0) is 19.5 Å². The predicted molar refractivity (Wildman–Crippen MR) is 112 cm³/mol. The Morgan fingerprint density at radius 3 is 2.77 bits per heavy atom. The summed E-state index contributed by atoms with van der Waals surface area (Å²) in [5, 5.41) is 24.3. The summed E-state index contributed by atoms with van der Waals surface area (Å²) in [5.74, 6) is 2.27. The first kappa shape index (κ1) is 22.0. The van der Waals surface area contributed by atoms with Gasteiger partial charge in [0.15, 0.2) is 17.5 Å². The van der Waals surface area contributed by atoms with Crippen LogP contribution >= 0.6 is 24.0 Å². The Bertz CT molecular complexity index is 704. The van der Waals surface area contributed by atoms with Crippen LogP contribution in [-0.4, -0.2) is 46.0 Å². The lowest BCUT2D eigenvalue weighted by Gasteiger charge is -2.12. The Kier molecular flexibility index (Phi) is 9.78. The van der Waals surface area contributed by atoms with E-state index in [1.165, 1.54) is 7.11 Å². The number of halogens is 1. The molecule has 0 atom stereocenters. The predicted octanol–water partition coefficient (Wildman–Crippen LogP) is 1.93. The minimum Gasteiger partial charge on any atom is -0.504 e. The number of rotatable bonds is 8. The molecule has 2 rings (SSSR count). The van der Waals surface area contributed by atoms with Gasteiger partial charge in [-0.05, 0) is 24.6 Å². The van der Waals surface area contributed by atoms with Gasteiger partial charge in [0.1, 0.15) is 12.2 Å². The van der Waals surface area contributed by atoms with Crippen LogP contribution in [0, 0.1) is 0 Å². The maximum Gasteiger partial charge on any atom is 0.191 e. The number of aromatic hydroxyl groups is 1. The fourth-order valence-corrected chi connectivity index (χ4v) is 2.38. The highest BCUT2D eigenvalue weighted by Gasteiger charge is 2.04. The van der Waals surface area contributed by atoms with E-state index in [0.29, 0.717) is 18.8 Å². The molecule has 3 N–H and O–H groups in total. The van der Waals surface area contributed by atoms with Crippen molar-refractivity contribution in [2.24, 2.45) is 4.99 Å². The van der Waals surface area contributed by atoms with Crippen molar-refractivity contribution in [2.45, 2.75) is 33.4 Å². The topological polar surface area (TPSA) is 96.6 Å². The number of guanidine groups is 1. The summed E-state index contributed by atoms with van der Waals surface area (Å²) in [6.45, 7) is 6.79. The zero-order valence-corrected chi connectivity index (χ0v) is 17.7. The zero-order valence-electron chi connectivity index (χ0n) is 15.4. The van der Waals surface area contributed by atoms with E-state index in [4.69, 9.17) is 4.74 Å². The number of phenolic OH excluding ortho intramolecular Hbond substituents is 1. The first-order chi connectivity index (χ1) is 12.2.